The molecular weight excluding hydrogens is 420 g/mol. The molecule has 5 rings (SSSR count). The molecular formula is C29H38N4O. The first-order chi connectivity index (χ1) is 16.4. The van der Waals surface area contributed by atoms with E-state index in [-0.39, 0.29) is 5.92 Å². The van der Waals surface area contributed by atoms with E-state index in [0.29, 0.717) is 17.7 Å². The number of hydrogen-bond donors (Lipinski definition) is 0. The van der Waals surface area contributed by atoms with E-state index in [4.69, 9.17) is 4.98 Å². The van der Waals surface area contributed by atoms with Gasteiger partial charge in [0.15, 0.2) is 0 Å². The van der Waals surface area contributed by atoms with Crippen LogP contribution >= 0.6 is 0 Å². The molecule has 0 radical (unpaired) electrons. The van der Waals surface area contributed by atoms with Crippen LogP contribution in [-0.4, -0.2) is 46.5 Å². The van der Waals surface area contributed by atoms with Gasteiger partial charge in [-0.15, -0.1) is 0 Å². The Morgan fingerprint density at radius 2 is 1.71 bits per heavy atom. The number of para-hydroxylation sites is 2. The van der Waals surface area contributed by atoms with E-state index in [1.807, 2.05) is 0 Å². The van der Waals surface area contributed by atoms with E-state index >= 15 is 0 Å². The van der Waals surface area contributed by atoms with Gasteiger partial charge < -0.3 is 14.4 Å². The van der Waals surface area contributed by atoms with Crippen LogP contribution in [0, 0.1) is 31.6 Å². The van der Waals surface area contributed by atoms with Crippen molar-refractivity contribution in [3.8, 4) is 0 Å². The first kappa shape index (κ1) is 22.9. The van der Waals surface area contributed by atoms with Crippen molar-refractivity contribution in [3.05, 3.63) is 59.2 Å². The number of piperidine rings is 2. The van der Waals surface area contributed by atoms with Gasteiger partial charge in [-0.05, 0) is 68.2 Å². The number of imidazole rings is 1. The van der Waals surface area contributed by atoms with Gasteiger partial charge in [-0.1, -0.05) is 49.7 Å². The Kier molecular flexibility index (Phi) is 6.37. The molecule has 5 nitrogen and oxygen atoms in total. The molecule has 0 aliphatic carbocycles. The fourth-order valence-corrected chi connectivity index (χ4v) is 6.03. The van der Waals surface area contributed by atoms with Crippen LogP contribution < -0.4 is 4.90 Å². The first-order valence-corrected chi connectivity index (χ1v) is 12.9. The van der Waals surface area contributed by atoms with Crippen LogP contribution in [0.15, 0.2) is 42.5 Å². The van der Waals surface area contributed by atoms with Gasteiger partial charge >= 0.3 is 0 Å². The van der Waals surface area contributed by atoms with Crippen LogP contribution in [0.5, 0.6) is 0 Å². The second kappa shape index (κ2) is 9.44. The largest absolute Gasteiger partial charge is 0.342 e. The van der Waals surface area contributed by atoms with E-state index in [2.05, 4.69) is 84.5 Å². The predicted molar refractivity (Wildman–Crippen MR) is 139 cm³/mol. The highest BCUT2D eigenvalue weighted by atomic mass is 16.2. The number of carbonyl (C=O) groups is 1. The van der Waals surface area contributed by atoms with Crippen molar-refractivity contribution in [2.24, 2.45) is 17.8 Å². The van der Waals surface area contributed by atoms with Crippen LogP contribution in [0.2, 0.25) is 0 Å². The lowest BCUT2D eigenvalue weighted by Gasteiger charge is -2.39. The van der Waals surface area contributed by atoms with Crippen LogP contribution in [0.3, 0.4) is 0 Å². The van der Waals surface area contributed by atoms with Gasteiger partial charge in [-0.25, -0.2) is 4.98 Å². The number of nitrogens with zero attached hydrogens (tertiary/aromatic N) is 4. The quantitative estimate of drug-likeness (QED) is 0.524. The molecule has 180 valence electrons. The Morgan fingerprint density at radius 3 is 2.44 bits per heavy atom. The summed E-state index contributed by atoms with van der Waals surface area (Å²) in [4.78, 5) is 22.9. The summed E-state index contributed by atoms with van der Waals surface area (Å²) in [5.74, 6) is 2.77. The molecule has 3 aromatic rings. The summed E-state index contributed by atoms with van der Waals surface area (Å²) in [6.45, 7) is 13.3. The Morgan fingerprint density at radius 1 is 1.00 bits per heavy atom. The Balaban J connectivity index is 1.36. The zero-order chi connectivity index (χ0) is 23.8. The number of likely N-dealkylation sites (tertiary alicyclic amines) is 1. The number of aromatic nitrogens is 2. The van der Waals surface area contributed by atoms with E-state index in [1.165, 1.54) is 28.6 Å². The lowest BCUT2D eigenvalue weighted by atomic mass is 9.89. The SMILES string of the molecule is Cc1ccc(C)c(Cn2c(N3CCC(C(=O)N4C[C@H](C)C[C@@H](C)C4)CC3)nc3ccccc32)c1. The maximum absolute atomic E-state index is 13.3. The van der Waals surface area contributed by atoms with Gasteiger partial charge in [-0.2, -0.15) is 0 Å². The summed E-state index contributed by atoms with van der Waals surface area (Å²) in [5.41, 5.74) is 6.14. The smallest absolute Gasteiger partial charge is 0.225 e. The third-order valence-corrected chi connectivity index (χ3v) is 7.78. The Labute approximate surface area is 203 Å². The summed E-state index contributed by atoms with van der Waals surface area (Å²) >= 11 is 0. The zero-order valence-corrected chi connectivity index (χ0v) is 21.1. The predicted octanol–water partition coefficient (Wildman–Crippen LogP) is 5.42. The molecule has 1 amide bonds. The Hall–Kier alpha value is -2.82. The minimum atomic E-state index is 0.144. The van der Waals surface area contributed by atoms with Crippen molar-refractivity contribution in [3.63, 3.8) is 0 Å². The monoisotopic (exact) mass is 458 g/mol. The third-order valence-electron chi connectivity index (χ3n) is 7.78. The van der Waals surface area contributed by atoms with Gasteiger partial charge in [0.05, 0.1) is 17.6 Å². The van der Waals surface area contributed by atoms with Gasteiger partial charge in [-0.3, -0.25) is 4.79 Å². The summed E-state index contributed by atoms with van der Waals surface area (Å²) < 4.78 is 2.37. The van der Waals surface area contributed by atoms with Crippen LogP contribution in [-0.2, 0) is 11.3 Å². The van der Waals surface area contributed by atoms with E-state index in [9.17, 15) is 4.79 Å². The van der Waals surface area contributed by atoms with Gasteiger partial charge in [0.1, 0.15) is 0 Å². The zero-order valence-electron chi connectivity index (χ0n) is 21.1. The number of fused-ring (bicyclic) bond motifs is 1. The number of carbonyl (C=O) groups excluding carboxylic acids is 1. The number of anilines is 1. The number of rotatable bonds is 4. The van der Waals surface area contributed by atoms with E-state index < -0.39 is 0 Å². The molecule has 0 saturated carbocycles. The lowest BCUT2D eigenvalue weighted by molar-refractivity contribution is -0.138. The second-order valence-electron chi connectivity index (χ2n) is 10.9. The van der Waals surface area contributed by atoms with Gasteiger partial charge in [0.2, 0.25) is 11.9 Å². The van der Waals surface area contributed by atoms with Crippen molar-refractivity contribution in [2.75, 3.05) is 31.1 Å². The number of hydrogen-bond acceptors (Lipinski definition) is 3. The molecule has 2 fully saturated rings. The van der Waals surface area contributed by atoms with Crippen molar-refractivity contribution in [1.29, 1.82) is 0 Å². The van der Waals surface area contributed by atoms with Crippen LogP contribution in [0.25, 0.3) is 11.0 Å². The van der Waals surface area contributed by atoms with Crippen molar-refractivity contribution in [1.82, 2.24) is 14.5 Å². The maximum atomic E-state index is 13.3. The van der Waals surface area contributed by atoms with Gasteiger partial charge in [0, 0.05) is 32.1 Å². The van der Waals surface area contributed by atoms with Crippen LogP contribution in [0.1, 0.15) is 49.8 Å². The molecule has 1 aromatic heterocycles. The molecule has 2 saturated heterocycles. The summed E-state index contributed by atoms with van der Waals surface area (Å²) in [7, 11) is 0. The van der Waals surface area contributed by atoms with Crippen LogP contribution in [0.4, 0.5) is 5.95 Å². The van der Waals surface area contributed by atoms with E-state index in [1.54, 1.807) is 0 Å². The molecule has 3 heterocycles. The minimum Gasteiger partial charge on any atom is -0.342 e. The highest BCUT2D eigenvalue weighted by molar-refractivity contribution is 5.80. The average Bonchev–Trinajstić information content (AvgIpc) is 3.19. The standard InChI is InChI=1S/C29H38N4O/c1-20-9-10-23(4)25(16-20)19-33-27-8-6-5-7-26(27)30-29(33)31-13-11-24(12-14-31)28(34)32-17-21(2)15-22(3)18-32/h5-10,16,21-22,24H,11-15,17-19H2,1-4H3/t21-,22-/m1/s1. The summed E-state index contributed by atoms with van der Waals surface area (Å²) in [5, 5.41) is 0. The Bertz CT molecular complexity index is 1160. The maximum Gasteiger partial charge on any atom is 0.225 e. The molecule has 2 aliphatic rings. The summed E-state index contributed by atoms with van der Waals surface area (Å²) in [6, 6.07) is 15.1. The molecule has 0 spiro atoms. The highest BCUT2D eigenvalue weighted by Crippen LogP contribution is 2.30. The molecule has 2 aliphatic heterocycles. The highest BCUT2D eigenvalue weighted by Gasteiger charge is 2.33. The molecule has 34 heavy (non-hydrogen) atoms. The van der Waals surface area contributed by atoms with Crippen molar-refractivity contribution in [2.45, 2.75) is 53.5 Å². The number of aryl methyl sites for hydroxylation is 2. The first-order valence-electron chi connectivity index (χ1n) is 12.9. The minimum absolute atomic E-state index is 0.144. The number of benzene rings is 2. The normalized spacial score (nSPS) is 21.9. The van der Waals surface area contributed by atoms with Crippen molar-refractivity contribution < 1.29 is 4.79 Å². The molecule has 0 unspecified atom stereocenters. The molecule has 5 heteroatoms. The van der Waals surface area contributed by atoms with Crippen molar-refractivity contribution >= 4 is 22.9 Å². The fourth-order valence-electron chi connectivity index (χ4n) is 6.03. The average molecular weight is 459 g/mol. The molecule has 0 bridgehead atoms. The van der Waals surface area contributed by atoms with E-state index in [0.717, 1.165) is 57.0 Å². The molecule has 2 aromatic carbocycles. The molecule has 0 N–H and O–H groups in total. The van der Waals surface area contributed by atoms with Gasteiger partial charge in [0.25, 0.3) is 0 Å². The topological polar surface area (TPSA) is 41.4 Å². The number of amides is 1. The molecule has 2 atom stereocenters. The fraction of sp³-hybridized carbons (Fsp3) is 0.517. The lowest BCUT2D eigenvalue weighted by Crippen LogP contribution is -2.48. The second-order valence-corrected chi connectivity index (χ2v) is 10.9. The summed E-state index contributed by atoms with van der Waals surface area (Å²) in [6.07, 6.45) is 3.05. The third kappa shape index (κ3) is 4.57.